The van der Waals surface area contributed by atoms with Crippen LogP contribution in [0.1, 0.15) is 30.9 Å². The maximum Gasteiger partial charge on any atom is 0.228 e. The van der Waals surface area contributed by atoms with Crippen molar-refractivity contribution in [1.82, 2.24) is 15.1 Å². The van der Waals surface area contributed by atoms with Crippen molar-refractivity contribution in [2.45, 2.75) is 25.3 Å². The highest BCUT2D eigenvalue weighted by Crippen LogP contribution is 2.39. The molecule has 0 aromatic heterocycles. The molecule has 1 aromatic carbocycles. The number of nitrogens with one attached hydrogen (secondary N) is 1. The van der Waals surface area contributed by atoms with Crippen LogP contribution in [-0.4, -0.2) is 55.3 Å². The van der Waals surface area contributed by atoms with E-state index in [1.807, 2.05) is 36.2 Å². The second-order valence-electron chi connectivity index (χ2n) is 7.17. The lowest BCUT2D eigenvalue weighted by Crippen LogP contribution is -2.45. The Morgan fingerprint density at radius 2 is 2.15 bits per heavy atom. The fourth-order valence-corrected chi connectivity index (χ4v) is 4.39. The molecule has 2 fully saturated rings. The third-order valence-electron chi connectivity index (χ3n) is 5.42. The first-order valence-electron chi connectivity index (χ1n) is 8.95. The smallest absolute Gasteiger partial charge is 0.228 e. The van der Waals surface area contributed by atoms with Gasteiger partial charge in [-0.25, -0.2) is 0 Å². The van der Waals surface area contributed by atoms with E-state index >= 15 is 0 Å². The summed E-state index contributed by atoms with van der Waals surface area (Å²) >= 11 is 6.13. The summed E-state index contributed by atoms with van der Waals surface area (Å²) < 4.78 is 0. The molecule has 0 bridgehead atoms. The minimum absolute atomic E-state index is 0. The number of hydrogen-bond donors (Lipinski definition) is 1. The van der Waals surface area contributed by atoms with E-state index in [0.717, 1.165) is 38.0 Å². The first-order chi connectivity index (χ1) is 12.0. The fraction of sp³-hybridized carbons (Fsp3) is 0.579. The zero-order valence-corrected chi connectivity index (χ0v) is 16.9. The Hall–Kier alpha value is -1.30. The van der Waals surface area contributed by atoms with Crippen molar-refractivity contribution in [2.75, 3.05) is 33.7 Å². The second-order valence-corrected chi connectivity index (χ2v) is 7.60. The molecule has 7 heteroatoms. The Morgan fingerprint density at radius 3 is 2.85 bits per heavy atom. The lowest BCUT2D eigenvalue weighted by Gasteiger charge is -2.36. The fourth-order valence-electron chi connectivity index (χ4n) is 4.19. The third kappa shape index (κ3) is 4.33. The summed E-state index contributed by atoms with van der Waals surface area (Å²) in [4.78, 5) is 29.2. The highest BCUT2D eigenvalue weighted by atomic mass is 35.5. The van der Waals surface area contributed by atoms with Crippen molar-refractivity contribution >= 4 is 35.8 Å². The van der Waals surface area contributed by atoms with E-state index < -0.39 is 0 Å². The minimum Gasteiger partial charge on any atom is -0.342 e. The summed E-state index contributed by atoms with van der Waals surface area (Å²) in [5, 5.41) is 3.83. The van der Waals surface area contributed by atoms with Crippen molar-refractivity contribution in [3.8, 4) is 0 Å². The van der Waals surface area contributed by atoms with E-state index in [9.17, 15) is 9.59 Å². The lowest BCUT2D eigenvalue weighted by molar-refractivity contribution is -0.138. The number of carbonyl (C=O) groups excluding carboxylic acids is 2. The monoisotopic (exact) mass is 399 g/mol. The van der Waals surface area contributed by atoms with Crippen LogP contribution in [0.2, 0.25) is 5.02 Å². The molecule has 0 saturated carbocycles. The molecule has 2 saturated heterocycles. The van der Waals surface area contributed by atoms with Gasteiger partial charge in [0, 0.05) is 31.6 Å². The Kier molecular flexibility index (Phi) is 7.33. The molecule has 3 unspecified atom stereocenters. The molecule has 0 spiro atoms. The minimum atomic E-state index is -0.329. The molecule has 2 amide bonds. The van der Waals surface area contributed by atoms with Gasteiger partial charge in [-0.1, -0.05) is 23.7 Å². The molecule has 2 aliphatic heterocycles. The van der Waals surface area contributed by atoms with Crippen LogP contribution in [0.25, 0.3) is 0 Å². The molecule has 0 aliphatic carbocycles. The Balaban J connectivity index is 0.00000243. The summed E-state index contributed by atoms with van der Waals surface area (Å²) in [6, 6.07) is 7.27. The van der Waals surface area contributed by atoms with Crippen molar-refractivity contribution in [3.63, 3.8) is 0 Å². The van der Waals surface area contributed by atoms with Crippen LogP contribution in [0.15, 0.2) is 24.3 Å². The molecule has 26 heavy (non-hydrogen) atoms. The van der Waals surface area contributed by atoms with E-state index in [4.69, 9.17) is 11.6 Å². The average Bonchev–Trinajstić information content (AvgIpc) is 2.90. The van der Waals surface area contributed by atoms with Crippen LogP contribution >= 0.6 is 24.0 Å². The molecule has 2 heterocycles. The average molecular weight is 400 g/mol. The normalized spacial score (nSPS) is 26.0. The van der Waals surface area contributed by atoms with Crippen LogP contribution in [-0.2, 0) is 9.59 Å². The second kappa shape index (κ2) is 9.07. The van der Waals surface area contributed by atoms with E-state index in [2.05, 4.69) is 5.32 Å². The van der Waals surface area contributed by atoms with E-state index in [1.54, 1.807) is 11.9 Å². The molecule has 3 rings (SSSR count). The quantitative estimate of drug-likeness (QED) is 0.846. The van der Waals surface area contributed by atoms with Gasteiger partial charge in [-0.05, 0) is 50.0 Å². The molecular weight excluding hydrogens is 373 g/mol. The summed E-state index contributed by atoms with van der Waals surface area (Å²) in [7, 11) is 3.72. The lowest BCUT2D eigenvalue weighted by atomic mass is 9.90. The first kappa shape index (κ1) is 21.0. The highest BCUT2D eigenvalue weighted by Gasteiger charge is 2.44. The highest BCUT2D eigenvalue weighted by molar-refractivity contribution is 6.30. The number of amides is 2. The van der Waals surface area contributed by atoms with Crippen LogP contribution in [0.4, 0.5) is 0 Å². The molecule has 1 N–H and O–H groups in total. The number of benzene rings is 1. The third-order valence-corrected chi connectivity index (χ3v) is 5.65. The maximum absolute atomic E-state index is 13.2. The predicted octanol–water partition coefficient (Wildman–Crippen LogP) is 2.74. The largest absolute Gasteiger partial charge is 0.342 e. The number of nitrogens with zero attached hydrogens (tertiary/aromatic N) is 2. The molecule has 5 nitrogen and oxygen atoms in total. The molecule has 0 radical (unpaired) electrons. The van der Waals surface area contributed by atoms with Crippen molar-refractivity contribution in [3.05, 3.63) is 34.9 Å². The number of halogens is 2. The predicted molar refractivity (Wildman–Crippen MR) is 106 cm³/mol. The van der Waals surface area contributed by atoms with Gasteiger partial charge in [0.25, 0.3) is 0 Å². The molecule has 144 valence electrons. The molecule has 2 aliphatic rings. The van der Waals surface area contributed by atoms with Crippen LogP contribution in [0.3, 0.4) is 0 Å². The van der Waals surface area contributed by atoms with Crippen molar-refractivity contribution < 1.29 is 9.59 Å². The van der Waals surface area contributed by atoms with Crippen molar-refractivity contribution in [1.29, 1.82) is 0 Å². The summed E-state index contributed by atoms with van der Waals surface area (Å²) in [5.41, 5.74) is 0.933. The molecule has 3 atom stereocenters. The van der Waals surface area contributed by atoms with Gasteiger partial charge >= 0.3 is 0 Å². The number of piperidine rings is 1. The van der Waals surface area contributed by atoms with Gasteiger partial charge in [-0.3, -0.25) is 9.59 Å². The van der Waals surface area contributed by atoms with Gasteiger partial charge in [-0.15, -0.1) is 12.4 Å². The zero-order chi connectivity index (χ0) is 18.0. The topological polar surface area (TPSA) is 52.7 Å². The Labute approximate surface area is 166 Å². The van der Waals surface area contributed by atoms with Gasteiger partial charge in [0.05, 0.1) is 12.0 Å². The van der Waals surface area contributed by atoms with Gasteiger partial charge in [-0.2, -0.15) is 0 Å². The van der Waals surface area contributed by atoms with Crippen molar-refractivity contribution in [2.24, 2.45) is 11.8 Å². The van der Waals surface area contributed by atoms with Crippen LogP contribution in [0.5, 0.6) is 0 Å². The Morgan fingerprint density at radius 1 is 1.38 bits per heavy atom. The van der Waals surface area contributed by atoms with Gasteiger partial charge in [0.2, 0.25) is 11.8 Å². The molecule has 1 aromatic rings. The summed E-state index contributed by atoms with van der Waals surface area (Å²) in [5.74, 6) is 0.280. The van der Waals surface area contributed by atoms with Gasteiger partial charge < -0.3 is 15.1 Å². The summed E-state index contributed by atoms with van der Waals surface area (Å²) in [6.45, 7) is 2.48. The Bertz CT molecular complexity index is 653. The van der Waals surface area contributed by atoms with Crippen LogP contribution in [0, 0.1) is 11.8 Å². The standard InChI is InChI=1S/C19H26ClN3O2.ClH/c1-21-11-13-5-4-8-23(12-13)19(25)16-10-17(24)22(2)18(16)14-6-3-7-15(20)9-14;/h3,6-7,9,13,16,18,21H,4-5,8,10-12H2,1-2H3;1H. The van der Waals surface area contributed by atoms with Gasteiger partial charge in [0.1, 0.15) is 0 Å². The SMILES string of the molecule is CNCC1CCCN(C(=O)C2CC(=O)N(C)C2c2cccc(Cl)c2)C1.Cl. The molecular formula is C19H27Cl2N3O2. The summed E-state index contributed by atoms with van der Waals surface area (Å²) in [6.07, 6.45) is 2.45. The van der Waals surface area contributed by atoms with E-state index in [1.165, 1.54) is 0 Å². The number of likely N-dealkylation sites (tertiary alicyclic amines) is 2. The first-order valence-corrected chi connectivity index (χ1v) is 9.33. The number of hydrogen-bond acceptors (Lipinski definition) is 3. The number of rotatable bonds is 4. The van der Waals surface area contributed by atoms with Gasteiger partial charge in [0.15, 0.2) is 0 Å². The number of carbonyl (C=O) groups is 2. The van der Waals surface area contributed by atoms with E-state index in [0.29, 0.717) is 10.9 Å². The maximum atomic E-state index is 13.2. The van der Waals surface area contributed by atoms with Crippen LogP contribution < -0.4 is 5.32 Å². The van der Waals surface area contributed by atoms with E-state index in [-0.39, 0.29) is 42.6 Å². The zero-order valence-electron chi connectivity index (χ0n) is 15.3.